The van der Waals surface area contributed by atoms with Crippen LogP contribution in [0.15, 0.2) is 30.5 Å². The van der Waals surface area contributed by atoms with Crippen LogP contribution >= 0.6 is 0 Å². The Morgan fingerprint density at radius 3 is 2.73 bits per heavy atom. The Bertz CT molecular complexity index is 651. The van der Waals surface area contributed by atoms with Crippen LogP contribution in [0.25, 0.3) is 11.4 Å². The van der Waals surface area contributed by atoms with Crippen molar-refractivity contribution in [3.05, 3.63) is 36.2 Å². The Labute approximate surface area is 131 Å². The van der Waals surface area contributed by atoms with Crippen molar-refractivity contribution in [3.8, 4) is 17.1 Å². The highest BCUT2D eigenvalue weighted by Crippen LogP contribution is 2.25. The molecule has 2 aromatic rings. The summed E-state index contributed by atoms with van der Waals surface area (Å²) in [7, 11) is 1.66. The van der Waals surface area contributed by atoms with Crippen LogP contribution in [0, 0.1) is 6.92 Å². The summed E-state index contributed by atoms with van der Waals surface area (Å²) in [6, 6.07) is 8.15. The van der Waals surface area contributed by atoms with Gasteiger partial charge in [-0.1, -0.05) is 12.1 Å². The second-order valence-corrected chi connectivity index (χ2v) is 5.72. The molecular weight excluding hydrogens is 276 g/mol. The molecule has 0 saturated carbocycles. The first-order chi connectivity index (χ1) is 10.7. The number of anilines is 1. The van der Waals surface area contributed by atoms with E-state index in [9.17, 15) is 0 Å². The highest BCUT2D eigenvalue weighted by molar-refractivity contribution is 5.60. The van der Waals surface area contributed by atoms with Crippen LogP contribution in [0.2, 0.25) is 0 Å². The molecule has 22 heavy (non-hydrogen) atoms. The molecule has 1 aromatic heterocycles. The lowest BCUT2D eigenvalue weighted by atomic mass is 10.1. The first-order valence-corrected chi connectivity index (χ1v) is 7.66. The van der Waals surface area contributed by atoms with E-state index in [4.69, 9.17) is 10.5 Å². The summed E-state index contributed by atoms with van der Waals surface area (Å²) in [5.41, 5.74) is 9.05. The fourth-order valence-electron chi connectivity index (χ4n) is 2.81. The molecule has 0 unspecified atom stereocenters. The zero-order valence-electron chi connectivity index (χ0n) is 13.1. The smallest absolute Gasteiger partial charge is 0.159 e. The zero-order valence-corrected chi connectivity index (χ0v) is 13.1. The van der Waals surface area contributed by atoms with E-state index in [0.29, 0.717) is 6.04 Å². The van der Waals surface area contributed by atoms with Gasteiger partial charge >= 0.3 is 0 Å². The second-order valence-electron chi connectivity index (χ2n) is 5.72. The van der Waals surface area contributed by atoms with Crippen LogP contribution in [-0.4, -0.2) is 36.2 Å². The Kier molecular flexibility index (Phi) is 4.24. The van der Waals surface area contributed by atoms with Gasteiger partial charge in [-0.3, -0.25) is 0 Å². The molecule has 1 aliphatic rings. The molecule has 1 saturated heterocycles. The van der Waals surface area contributed by atoms with E-state index >= 15 is 0 Å². The van der Waals surface area contributed by atoms with Gasteiger partial charge in [-0.05, 0) is 31.9 Å². The topological polar surface area (TPSA) is 64.3 Å². The van der Waals surface area contributed by atoms with E-state index in [1.54, 1.807) is 7.11 Å². The average Bonchev–Trinajstić information content (AvgIpc) is 2.56. The highest BCUT2D eigenvalue weighted by Gasteiger charge is 2.19. The third-order valence-corrected chi connectivity index (χ3v) is 4.16. The third-order valence-electron chi connectivity index (χ3n) is 4.16. The van der Waals surface area contributed by atoms with E-state index in [2.05, 4.69) is 14.9 Å². The zero-order chi connectivity index (χ0) is 15.5. The van der Waals surface area contributed by atoms with Crippen LogP contribution in [0.5, 0.6) is 5.75 Å². The lowest BCUT2D eigenvalue weighted by Crippen LogP contribution is -2.40. The fraction of sp³-hybridized carbons (Fsp3) is 0.412. The quantitative estimate of drug-likeness (QED) is 0.942. The number of aromatic nitrogens is 2. The van der Waals surface area contributed by atoms with Gasteiger partial charge < -0.3 is 15.4 Å². The Morgan fingerprint density at radius 1 is 1.27 bits per heavy atom. The van der Waals surface area contributed by atoms with Crippen LogP contribution in [0.4, 0.5) is 5.69 Å². The molecule has 1 aromatic carbocycles. The molecule has 116 valence electrons. The van der Waals surface area contributed by atoms with Gasteiger partial charge in [-0.25, -0.2) is 9.97 Å². The van der Waals surface area contributed by atoms with Gasteiger partial charge in [-0.2, -0.15) is 0 Å². The Hall–Kier alpha value is -2.14. The summed E-state index contributed by atoms with van der Waals surface area (Å²) >= 11 is 0. The van der Waals surface area contributed by atoms with Crippen LogP contribution < -0.4 is 15.4 Å². The van der Waals surface area contributed by atoms with Crippen molar-refractivity contribution >= 4 is 5.69 Å². The first kappa shape index (κ1) is 14.8. The molecule has 3 rings (SSSR count). The number of hydrogen-bond acceptors (Lipinski definition) is 5. The molecule has 2 heterocycles. The molecule has 1 fully saturated rings. The standard InChI is InChI=1S/C17H22N4O/c1-12-16(21-8-6-14(18)7-9-21)11-19-17(20-12)13-4-3-5-15(10-13)22-2/h3-5,10-11,14H,6-9,18H2,1-2H3. The molecule has 0 spiro atoms. The number of piperidine rings is 1. The van der Waals surface area contributed by atoms with Crippen molar-refractivity contribution in [1.29, 1.82) is 0 Å². The number of benzene rings is 1. The summed E-state index contributed by atoms with van der Waals surface area (Å²) in [6.07, 6.45) is 3.97. The van der Waals surface area contributed by atoms with Gasteiger partial charge in [0.25, 0.3) is 0 Å². The summed E-state index contributed by atoms with van der Waals surface area (Å²) in [5.74, 6) is 1.54. The molecular formula is C17H22N4O. The summed E-state index contributed by atoms with van der Waals surface area (Å²) in [4.78, 5) is 11.5. The monoisotopic (exact) mass is 298 g/mol. The predicted octanol–water partition coefficient (Wildman–Crippen LogP) is 2.39. The summed E-state index contributed by atoms with van der Waals surface area (Å²) in [5, 5.41) is 0. The first-order valence-electron chi connectivity index (χ1n) is 7.66. The number of hydrogen-bond donors (Lipinski definition) is 1. The van der Waals surface area contributed by atoms with Crippen molar-refractivity contribution in [3.63, 3.8) is 0 Å². The number of rotatable bonds is 3. The van der Waals surface area contributed by atoms with Crippen molar-refractivity contribution in [1.82, 2.24) is 9.97 Å². The van der Waals surface area contributed by atoms with Gasteiger partial charge in [0, 0.05) is 24.7 Å². The average molecular weight is 298 g/mol. The van der Waals surface area contributed by atoms with E-state index in [1.807, 2.05) is 37.4 Å². The number of methoxy groups -OCH3 is 1. The molecule has 2 N–H and O–H groups in total. The molecule has 5 heteroatoms. The summed E-state index contributed by atoms with van der Waals surface area (Å²) < 4.78 is 5.26. The van der Waals surface area contributed by atoms with Gasteiger partial charge in [0.05, 0.1) is 24.7 Å². The van der Waals surface area contributed by atoms with Crippen LogP contribution in [-0.2, 0) is 0 Å². The van der Waals surface area contributed by atoms with Gasteiger partial charge in [0.15, 0.2) is 5.82 Å². The lowest BCUT2D eigenvalue weighted by molar-refractivity contribution is 0.415. The fourth-order valence-corrected chi connectivity index (χ4v) is 2.81. The van der Waals surface area contributed by atoms with Crippen molar-refractivity contribution in [2.75, 3.05) is 25.1 Å². The highest BCUT2D eigenvalue weighted by atomic mass is 16.5. The number of nitrogens with two attached hydrogens (primary N) is 1. The van der Waals surface area contributed by atoms with E-state index in [-0.39, 0.29) is 0 Å². The Balaban J connectivity index is 1.85. The lowest BCUT2D eigenvalue weighted by Gasteiger charge is -2.32. The molecule has 1 aliphatic heterocycles. The van der Waals surface area contributed by atoms with E-state index in [0.717, 1.165) is 54.4 Å². The third kappa shape index (κ3) is 3.04. The van der Waals surface area contributed by atoms with Crippen LogP contribution in [0.1, 0.15) is 18.5 Å². The minimum absolute atomic E-state index is 0.327. The second kappa shape index (κ2) is 6.32. The van der Waals surface area contributed by atoms with Gasteiger partial charge in [-0.15, -0.1) is 0 Å². The Morgan fingerprint density at radius 2 is 2.05 bits per heavy atom. The minimum atomic E-state index is 0.327. The van der Waals surface area contributed by atoms with E-state index in [1.165, 1.54) is 0 Å². The van der Waals surface area contributed by atoms with Crippen molar-refractivity contribution in [2.24, 2.45) is 5.73 Å². The maximum atomic E-state index is 5.97. The number of aryl methyl sites for hydroxylation is 1. The van der Waals surface area contributed by atoms with Crippen LogP contribution in [0.3, 0.4) is 0 Å². The summed E-state index contributed by atoms with van der Waals surface area (Å²) in [6.45, 7) is 3.99. The van der Waals surface area contributed by atoms with Gasteiger partial charge in [0.2, 0.25) is 0 Å². The van der Waals surface area contributed by atoms with E-state index < -0.39 is 0 Å². The number of nitrogens with zero attached hydrogens (tertiary/aromatic N) is 3. The maximum absolute atomic E-state index is 5.97. The molecule has 0 amide bonds. The molecule has 0 atom stereocenters. The normalized spacial score (nSPS) is 15.9. The number of ether oxygens (including phenoxy) is 1. The predicted molar refractivity (Wildman–Crippen MR) is 88.2 cm³/mol. The molecule has 0 radical (unpaired) electrons. The molecule has 5 nitrogen and oxygen atoms in total. The SMILES string of the molecule is COc1cccc(-c2ncc(N3CCC(N)CC3)c(C)n2)c1. The van der Waals surface area contributed by atoms with Crippen molar-refractivity contribution < 1.29 is 4.74 Å². The van der Waals surface area contributed by atoms with Crippen molar-refractivity contribution in [2.45, 2.75) is 25.8 Å². The largest absolute Gasteiger partial charge is 0.497 e. The minimum Gasteiger partial charge on any atom is -0.497 e. The van der Waals surface area contributed by atoms with Gasteiger partial charge in [0.1, 0.15) is 5.75 Å². The molecule has 0 aliphatic carbocycles. The molecule has 0 bridgehead atoms. The maximum Gasteiger partial charge on any atom is 0.159 e.